The molecule has 3 N–H and O–H groups in total. The molecule has 3 aromatic rings. The molecule has 0 heterocycles. The van der Waals surface area contributed by atoms with Crippen molar-refractivity contribution in [3.63, 3.8) is 0 Å². The molecule has 2 amide bonds. The minimum absolute atomic E-state index is 0.0792. The number of methoxy groups -OCH3 is 1. The first-order valence-electron chi connectivity index (χ1n) is 12.2. The average Bonchev–Trinajstić information content (AvgIpc) is 2.92. The SMILES string of the molecule is COc1ccc(NC(=O)COc2ccc(/C=N\NC(=O)[C@@H](NS(=O)(=O)c3ccc(C)cc3)C(C)C)cc2)cc1. The Labute approximate surface area is 228 Å². The second kappa shape index (κ2) is 13.5. The van der Waals surface area contributed by atoms with Crippen molar-refractivity contribution in [1.82, 2.24) is 10.1 Å². The molecule has 0 aliphatic carbocycles. The van der Waals surface area contributed by atoms with Crippen LogP contribution in [0.25, 0.3) is 0 Å². The minimum atomic E-state index is -3.89. The number of amides is 2. The number of nitrogens with zero attached hydrogens (tertiary/aromatic N) is 1. The van der Waals surface area contributed by atoms with E-state index in [9.17, 15) is 18.0 Å². The fraction of sp³-hybridized carbons (Fsp3) is 0.250. The van der Waals surface area contributed by atoms with Gasteiger partial charge >= 0.3 is 0 Å². The summed E-state index contributed by atoms with van der Waals surface area (Å²) in [6, 6.07) is 19.0. The van der Waals surface area contributed by atoms with E-state index in [0.717, 1.165) is 5.56 Å². The third-order valence-electron chi connectivity index (χ3n) is 5.57. The summed E-state index contributed by atoms with van der Waals surface area (Å²) < 4.78 is 38.5. The first-order valence-corrected chi connectivity index (χ1v) is 13.6. The summed E-state index contributed by atoms with van der Waals surface area (Å²) in [5, 5.41) is 6.68. The second-order valence-corrected chi connectivity index (χ2v) is 10.7. The molecule has 11 heteroatoms. The third-order valence-corrected chi connectivity index (χ3v) is 7.03. The summed E-state index contributed by atoms with van der Waals surface area (Å²) in [6.07, 6.45) is 1.42. The Hall–Kier alpha value is -4.22. The highest BCUT2D eigenvalue weighted by molar-refractivity contribution is 7.89. The lowest BCUT2D eigenvalue weighted by atomic mass is 10.1. The van der Waals surface area contributed by atoms with Crippen LogP contribution in [0.4, 0.5) is 5.69 Å². The number of aryl methyl sites for hydroxylation is 1. The fourth-order valence-electron chi connectivity index (χ4n) is 3.36. The van der Waals surface area contributed by atoms with Crippen molar-refractivity contribution in [3.05, 3.63) is 83.9 Å². The molecule has 0 spiro atoms. The fourth-order valence-corrected chi connectivity index (χ4v) is 4.70. The van der Waals surface area contributed by atoms with Crippen LogP contribution in [-0.2, 0) is 19.6 Å². The number of sulfonamides is 1. The zero-order chi connectivity index (χ0) is 28.4. The summed E-state index contributed by atoms with van der Waals surface area (Å²) in [5.74, 6) is -0.0499. The number of hydrazone groups is 1. The molecular weight excluding hydrogens is 520 g/mol. The van der Waals surface area contributed by atoms with Crippen LogP contribution in [0.1, 0.15) is 25.0 Å². The molecule has 0 bridgehead atoms. The molecule has 10 nitrogen and oxygen atoms in total. The van der Waals surface area contributed by atoms with Crippen LogP contribution in [0.5, 0.6) is 11.5 Å². The maximum Gasteiger partial charge on any atom is 0.262 e. The molecule has 0 saturated carbocycles. The van der Waals surface area contributed by atoms with Crippen molar-refractivity contribution in [1.29, 1.82) is 0 Å². The van der Waals surface area contributed by atoms with Crippen molar-refractivity contribution in [3.8, 4) is 11.5 Å². The smallest absolute Gasteiger partial charge is 0.262 e. The van der Waals surface area contributed by atoms with Gasteiger partial charge in [0.15, 0.2) is 6.61 Å². The van der Waals surface area contributed by atoms with Crippen LogP contribution in [0.3, 0.4) is 0 Å². The van der Waals surface area contributed by atoms with Gasteiger partial charge in [-0.3, -0.25) is 9.59 Å². The lowest BCUT2D eigenvalue weighted by Gasteiger charge is -2.20. The van der Waals surface area contributed by atoms with E-state index >= 15 is 0 Å². The zero-order valence-electron chi connectivity index (χ0n) is 22.2. The van der Waals surface area contributed by atoms with Gasteiger partial charge in [0.2, 0.25) is 10.0 Å². The molecule has 3 aromatic carbocycles. The number of nitrogens with one attached hydrogen (secondary N) is 3. The zero-order valence-corrected chi connectivity index (χ0v) is 23.0. The average molecular weight is 553 g/mol. The number of hydrogen-bond acceptors (Lipinski definition) is 7. The lowest BCUT2D eigenvalue weighted by Crippen LogP contribution is -2.48. The van der Waals surface area contributed by atoms with Gasteiger partial charge in [0.25, 0.3) is 11.8 Å². The summed E-state index contributed by atoms with van der Waals surface area (Å²) in [7, 11) is -2.32. The third kappa shape index (κ3) is 8.94. The van der Waals surface area contributed by atoms with Gasteiger partial charge in [-0.05, 0) is 79.1 Å². The number of rotatable bonds is 12. The Kier molecular flexibility index (Phi) is 10.2. The van der Waals surface area contributed by atoms with Gasteiger partial charge in [-0.15, -0.1) is 0 Å². The molecule has 0 aromatic heterocycles. The number of carbonyl (C=O) groups is 2. The van der Waals surface area contributed by atoms with E-state index in [1.165, 1.54) is 18.3 Å². The second-order valence-electron chi connectivity index (χ2n) is 9.02. The van der Waals surface area contributed by atoms with Gasteiger partial charge in [-0.2, -0.15) is 9.82 Å². The first kappa shape index (κ1) is 29.3. The molecule has 0 unspecified atom stereocenters. The topological polar surface area (TPSA) is 135 Å². The molecule has 0 saturated heterocycles. The number of anilines is 1. The molecule has 0 aliphatic rings. The van der Waals surface area contributed by atoms with Crippen molar-refractivity contribution in [2.45, 2.75) is 31.7 Å². The summed E-state index contributed by atoms with van der Waals surface area (Å²) >= 11 is 0. The predicted molar refractivity (Wildman–Crippen MR) is 149 cm³/mol. The van der Waals surface area contributed by atoms with Crippen LogP contribution in [-0.4, -0.2) is 46.2 Å². The molecule has 1 atom stereocenters. The predicted octanol–water partition coefficient (Wildman–Crippen LogP) is 3.47. The molecule has 206 valence electrons. The van der Waals surface area contributed by atoms with Crippen LogP contribution in [0.15, 0.2) is 82.8 Å². The van der Waals surface area contributed by atoms with Crippen molar-refractivity contribution in [2.75, 3.05) is 19.0 Å². The van der Waals surface area contributed by atoms with Gasteiger partial charge < -0.3 is 14.8 Å². The molecule has 39 heavy (non-hydrogen) atoms. The van der Waals surface area contributed by atoms with Gasteiger partial charge in [0.05, 0.1) is 18.2 Å². The monoisotopic (exact) mass is 552 g/mol. The van der Waals surface area contributed by atoms with Crippen LogP contribution in [0.2, 0.25) is 0 Å². The molecule has 3 rings (SSSR count). The van der Waals surface area contributed by atoms with E-state index in [1.54, 1.807) is 81.6 Å². The first-order chi connectivity index (χ1) is 18.6. The highest BCUT2D eigenvalue weighted by Gasteiger charge is 2.28. The van der Waals surface area contributed by atoms with Crippen LogP contribution < -0.4 is 24.9 Å². The van der Waals surface area contributed by atoms with Crippen molar-refractivity contribution in [2.24, 2.45) is 11.0 Å². The number of hydrogen-bond donors (Lipinski definition) is 3. The van der Waals surface area contributed by atoms with Gasteiger partial charge in [-0.25, -0.2) is 13.8 Å². The van der Waals surface area contributed by atoms with Gasteiger partial charge in [0, 0.05) is 5.69 Å². The normalized spacial score (nSPS) is 12.2. The van der Waals surface area contributed by atoms with Crippen LogP contribution >= 0.6 is 0 Å². The van der Waals surface area contributed by atoms with Gasteiger partial charge in [-0.1, -0.05) is 31.5 Å². The summed E-state index contributed by atoms with van der Waals surface area (Å²) in [5.41, 5.74) is 4.60. The number of ether oxygens (including phenoxy) is 2. The van der Waals surface area contributed by atoms with E-state index in [0.29, 0.717) is 22.7 Å². The molecule has 0 aliphatic heterocycles. The molecular formula is C28H32N4O6S. The van der Waals surface area contributed by atoms with E-state index in [-0.39, 0.29) is 23.3 Å². The maximum absolute atomic E-state index is 12.7. The van der Waals surface area contributed by atoms with Crippen molar-refractivity contribution < 1.29 is 27.5 Å². The Bertz CT molecular complexity index is 1390. The highest BCUT2D eigenvalue weighted by atomic mass is 32.2. The Morgan fingerprint density at radius 1 is 0.923 bits per heavy atom. The minimum Gasteiger partial charge on any atom is -0.497 e. The number of benzene rings is 3. The van der Waals surface area contributed by atoms with Crippen LogP contribution in [0, 0.1) is 12.8 Å². The maximum atomic E-state index is 12.7. The lowest BCUT2D eigenvalue weighted by molar-refractivity contribution is -0.123. The Balaban J connectivity index is 1.50. The van der Waals surface area contributed by atoms with E-state index in [1.807, 2.05) is 6.92 Å². The molecule has 0 fully saturated rings. The Morgan fingerprint density at radius 3 is 2.13 bits per heavy atom. The summed E-state index contributed by atoms with van der Waals surface area (Å²) in [4.78, 5) is 24.9. The van der Waals surface area contributed by atoms with Gasteiger partial charge in [0.1, 0.15) is 17.5 Å². The Morgan fingerprint density at radius 2 is 1.54 bits per heavy atom. The van der Waals surface area contributed by atoms with E-state index in [4.69, 9.17) is 9.47 Å². The quantitative estimate of drug-likeness (QED) is 0.233. The highest BCUT2D eigenvalue weighted by Crippen LogP contribution is 2.16. The number of carbonyl (C=O) groups excluding carboxylic acids is 2. The van der Waals surface area contributed by atoms with Crippen molar-refractivity contribution >= 4 is 33.7 Å². The molecule has 0 radical (unpaired) electrons. The summed E-state index contributed by atoms with van der Waals surface area (Å²) in [6.45, 7) is 5.16. The van der Waals surface area contributed by atoms with E-state index < -0.39 is 22.0 Å². The van der Waals surface area contributed by atoms with E-state index in [2.05, 4.69) is 20.6 Å². The standard InChI is InChI=1S/C28H32N4O6S/c1-19(2)27(32-39(35,36)25-15-5-20(3)6-16-25)28(34)31-29-17-21-7-11-24(12-8-21)38-18-26(33)30-22-9-13-23(37-4)14-10-22/h5-17,19,27,32H,18H2,1-4H3,(H,30,33)(H,31,34)/b29-17-/t27-/m0/s1. The largest absolute Gasteiger partial charge is 0.497 e.